The number of anilines is 1. The summed E-state index contributed by atoms with van der Waals surface area (Å²) in [6, 6.07) is 21.8. The zero-order chi connectivity index (χ0) is 25.9. The molecule has 0 aliphatic carbocycles. The zero-order valence-electron chi connectivity index (χ0n) is 22.3. The molecule has 0 amide bonds. The van der Waals surface area contributed by atoms with Crippen molar-refractivity contribution in [3.05, 3.63) is 84.1 Å². The highest BCUT2D eigenvalue weighted by Crippen LogP contribution is 2.35. The Labute approximate surface area is 214 Å². The van der Waals surface area contributed by atoms with Crippen LogP contribution >= 0.6 is 0 Å². The van der Waals surface area contributed by atoms with Gasteiger partial charge in [0.2, 0.25) is 0 Å². The summed E-state index contributed by atoms with van der Waals surface area (Å²) in [7, 11) is 0. The molecular formula is C31H37N3O2. The Morgan fingerprint density at radius 2 is 1.67 bits per heavy atom. The van der Waals surface area contributed by atoms with Gasteiger partial charge in [-0.15, -0.1) is 0 Å². The summed E-state index contributed by atoms with van der Waals surface area (Å²) in [4.78, 5) is 17.3. The highest BCUT2D eigenvalue weighted by atomic mass is 16.5. The highest BCUT2D eigenvalue weighted by molar-refractivity contribution is 5.78. The van der Waals surface area contributed by atoms with Crippen LogP contribution in [0.5, 0.6) is 5.75 Å². The van der Waals surface area contributed by atoms with Crippen LogP contribution in [0.25, 0.3) is 16.9 Å². The van der Waals surface area contributed by atoms with Crippen molar-refractivity contribution in [2.24, 2.45) is 5.41 Å². The number of aromatic nitrogens is 2. The minimum absolute atomic E-state index is 0.137. The number of nitrogens with zero attached hydrogens (tertiary/aromatic N) is 2. The standard InChI is InChI=1S/C31H37N3O2/c1-22-18-19-34-26(20-22)32-28(29(34)33-31(5,6)21-30(2,3)4)24-13-15-25(16-14-24)36-27(35)17-12-23-10-8-7-9-11-23/h7-11,13-16,18-20,33H,12,17,21H2,1-6H3. The van der Waals surface area contributed by atoms with Crippen molar-refractivity contribution in [3.63, 3.8) is 0 Å². The van der Waals surface area contributed by atoms with Crippen LogP contribution in [0.2, 0.25) is 0 Å². The molecule has 0 aliphatic rings. The summed E-state index contributed by atoms with van der Waals surface area (Å²) in [6.07, 6.45) is 4.07. The summed E-state index contributed by atoms with van der Waals surface area (Å²) in [6.45, 7) is 13.3. The number of carbonyl (C=O) groups is 1. The van der Waals surface area contributed by atoms with E-state index < -0.39 is 0 Å². The van der Waals surface area contributed by atoms with Gasteiger partial charge in [-0.25, -0.2) is 4.98 Å². The van der Waals surface area contributed by atoms with E-state index >= 15 is 0 Å². The Balaban J connectivity index is 1.56. The van der Waals surface area contributed by atoms with Crippen molar-refractivity contribution in [2.75, 3.05) is 5.32 Å². The van der Waals surface area contributed by atoms with Crippen LogP contribution in [-0.2, 0) is 11.2 Å². The average molecular weight is 484 g/mol. The summed E-state index contributed by atoms with van der Waals surface area (Å²) < 4.78 is 7.70. The first-order valence-corrected chi connectivity index (χ1v) is 12.6. The Kier molecular flexibility index (Phi) is 7.21. The molecule has 0 spiro atoms. The van der Waals surface area contributed by atoms with E-state index in [4.69, 9.17) is 9.72 Å². The van der Waals surface area contributed by atoms with E-state index in [9.17, 15) is 4.79 Å². The van der Waals surface area contributed by atoms with Gasteiger partial charge in [-0.3, -0.25) is 9.20 Å². The van der Waals surface area contributed by atoms with E-state index in [2.05, 4.69) is 69.6 Å². The fourth-order valence-corrected chi connectivity index (χ4v) is 4.91. The number of nitrogens with one attached hydrogen (secondary N) is 1. The van der Waals surface area contributed by atoms with Crippen LogP contribution < -0.4 is 10.1 Å². The van der Waals surface area contributed by atoms with Crippen LogP contribution in [0.1, 0.15) is 58.6 Å². The number of fused-ring (bicyclic) bond motifs is 1. The first-order chi connectivity index (χ1) is 17.0. The number of imidazole rings is 1. The van der Waals surface area contributed by atoms with Crippen molar-refractivity contribution in [3.8, 4) is 17.0 Å². The van der Waals surface area contributed by atoms with Crippen LogP contribution in [0.3, 0.4) is 0 Å². The van der Waals surface area contributed by atoms with E-state index in [0.29, 0.717) is 18.6 Å². The second-order valence-corrected chi connectivity index (χ2v) is 11.5. The third kappa shape index (κ3) is 6.54. The van der Waals surface area contributed by atoms with Crippen molar-refractivity contribution < 1.29 is 9.53 Å². The molecule has 0 atom stereocenters. The molecule has 0 fully saturated rings. The Bertz CT molecular complexity index is 1330. The van der Waals surface area contributed by atoms with E-state index in [1.165, 1.54) is 0 Å². The van der Waals surface area contributed by atoms with Crippen molar-refractivity contribution in [1.29, 1.82) is 0 Å². The highest BCUT2D eigenvalue weighted by Gasteiger charge is 2.28. The van der Waals surface area contributed by atoms with Crippen LogP contribution in [-0.4, -0.2) is 20.9 Å². The molecule has 0 radical (unpaired) electrons. The van der Waals surface area contributed by atoms with Gasteiger partial charge in [0, 0.05) is 23.7 Å². The number of pyridine rings is 1. The van der Waals surface area contributed by atoms with Gasteiger partial charge in [-0.05, 0) is 86.6 Å². The maximum atomic E-state index is 12.4. The molecule has 5 heteroatoms. The quantitative estimate of drug-likeness (QED) is 0.209. The predicted molar refractivity (Wildman–Crippen MR) is 148 cm³/mol. The number of rotatable bonds is 8. The van der Waals surface area contributed by atoms with E-state index in [1.54, 1.807) is 0 Å². The number of hydrogen-bond acceptors (Lipinski definition) is 4. The smallest absolute Gasteiger partial charge is 0.311 e. The molecule has 188 valence electrons. The molecule has 5 nitrogen and oxygen atoms in total. The molecule has 4 aromatic rings. The number of esters is 1. The second kappa shape index (κ2) is 10.2. The monoisotopic (exact) mass is 483 g/mol. The van der Waals surface area contributed by atoms with Crippen LogP contribution in [0.15, 0.2) is 72.9 Å². The summed E-state index contributed by atoms with van der Waals surface area (Å²) in [5.74, 6) is 1.27. The topological polar surface area (TPSA) is 55.6 Å². The summed E-state index contributed by atoms with van der Waals surface area (Å²) >= 11 is 0. The normalized spacial score (nSPS) is 12.1. The molecule has 2 heterocycles. The lowest BCUT2D eigenvalue weighted by Gasteiger charge is -2.34. The Hall–Kier alpha value is -3.60. The van der Waals surface area contributed by atoms with Crippen molar-refractivity contribution in [1.82, 2.24) is 9.38 Å². The van der Waals surface area contributed by atoms with Crippen LogP contribution in [0.4, 0.5) is 5.82 Å². The molecule has 2 aromatic heterocycles. The third-order valence-electron chi connectivity index (χ3n) is 6.03. The minimum atomic E-state index is -0.235. The predicted octanol–water partition coefficient (Wildman–Crippen LogP) is 7.47. The Morgan fingerprint density at radius 1 is 0.972 bits per heavy atom. The molecule has 0 bridgehead atoms. The van der Waals surface area contributed by atoms with Crippen molar-refractivity contribution >= 4 is 17.4 Å². The van der Waals surface area contributed by atoms with Gasteiger partial charge in [-0.1, -0.05) is 51.1 Å². The molecular weight excluding hydrogens is 446 g/mol. The first-order valence-electron chi connectivity index (χ1n) is 12.6. The molecule has 1 N–H and O–H groups in total. The number of carbonyl (C=O) groups excluding carboxylic acids is 1. The zero-order valence-corrected chi connectivity index (χ0v) is 22.3. The molecule has 2 aromatic carbocycles. The number of hydrogen-bond donors (Lipinski definition) is 1. The van der Waals surface area contributed by atoms with Gasteiger partial charge in [0.1, 0.15) is 22.9 Å². The number of ether oxygens (including phenoxy) is 1. The largest absolute Gasteiger partial charge is 0.427 e. The molecule has 0 unspecified atom stereocenters. The Morgan fingerprint density at radius 3 is 2.33 bits per heavy atom. The lowest BCUT2D eigenvalue weighted by molar-refractivity contribution is -0.134. The lowest BCUT2D eigenvalue weighted by Crippen LogP contribution is -2.36. The minimum Gasteiger partial charge on any atom is -0.427 e. The van der Waals surface area contributed by atoms with Gasteiger partial charge in [-0.2, -0.15) is 0 Å². The van der Waals surface area contributed by atoms with Crippen molar-refractivity contribution in [2.45, 2.75) is 66.3 Å². The van der Waals surface area contributed by atoms with E-state index in [-0.39, 0.29) is 16.9 Å². The molecule has 0 aliphatic heterocycles. The fraction of sp³-hybridized carbons (Fsp3) is 0.355. The molecule has 0 saturated heterocycles. The van der Waals surface area contributed by atoms with E-state index in [1.807, 2.05) is 54.6 Å². The SMILES string of the molecule is Cc1ccn2c(NC(C)(C)CC(C)(C)C)c(-c3ccc(OC(=O)CCc4ccccc4)cc3)nc2c1. The first kappa shape index (κ1) is 25.5. The van der Waals surface area contributed by atoms with Gasteiger partial charge < -0.3 is 10.1 Å². The van der Waals surface area contributed by atoms with Gasteiger partial charge in [0.25, 0.3) is 0 Å². The lowest BCUT2D eigenvalue weighted by atomic mass is 9.82. The molecule has 0 saturated carbocycles. The van der Waals surface area contributed by atoms with Crippen LogP contribution in [0, 0.1) is 12.3 Å². The fourth-order valence-electron chi connectivity index (χ4n) is 4.91. The molecule has 36 heavy (non-hydrogen) atoms. The average Bonchev–Trinajstić information content (AvgIpc) is 3.13. The second-order valence-electron chi connectivity index (χ2n) is 11.5. The van der Waals surface area contributed by atoms with Gasteiger partial charge in [0.15, 0.2) is 0 Å². The number of aryl methyl sites for hydroxylation is 2. The van der Waals surface area contributed by atoms with Gasteiger partial charge in [0.05, 0.1) is 0 Å². The third-order valence-corrected chi connectivity index (χ3v) is 6.03. The summed E-state index contributed by atoms with van der Waals surface area (Å²) in [5, 5.41) is 3.78. The summed E-state index contributed by atoms with van der Waals surface area (Å²) in [5.41, 5.74) is 5.08. The maximum Gasteiger partial charge on any atom is 0.311 e. The van der Waals surface area contributed by atoms with E-state index in [0.717, 1.165) is 40.3 Å². The maximum absolute atomic E-state index is 12.4. The van der Waals surface area contributed by atoms with Gasteiger partial charge >= 0.3 is 5.97 Å². The number of benzene rings is 2. The molecule has 4 rings (SSSR count).